The highest BCUT2D eigenvalue weighted by atomic mass is 32.1. The average molecular weight is 299 g/mol. The maximum Gasteiger partial charge on any atom is 0.411 e. The molecule has 0 aromatic carbocycles. The van der Waals surface area contributed by atoms with Gasteiger partial charge in [0.05, 0.1) is 17.6 Å². The molecule has 1 aliphatic heterocycles. The summed E-state index contributed by atoms with van der Waals surface area (Å²) in [6, 6.07) is 0.0682. The number of thiocarbonyl (C=S) groups is 1. The van der Waals surface area contributed by atoms with E-state index in [0.717, 1.165) is 26.2 Å². The number of alkyl halides is 3. The fraction of sp³-hybridized carbons (Fsp3) is 0.909. The lowest BCUT2D eigenvalue weighted by atomic mass is 10.2. The first-order chi connectivity index (χ1) is 8.79. The Morgan fingerprint density at radius 3 is 2.37 bits per heavy atom. The number of hydrogen-bond acceptors (Lipinski definition) is 4. The number of hydrogen-bond donors (Lipinski definition) is 1. The molecule has 0 aromatic heterocycles. The predicted octanol–water partition coefficient (Wildman–Crippen LogP) is 0.857. The van der Waals surface area contributed by atoms with E-state index in [1.807, 2.05) is 6.92 Å². The first-order valence-corrected chi connectivity index (χ1v) is 6.60. The SMILES string of the molecule is CC(C(N)=S)N1CCN(CCOCC(F)(F)F)CC1. The van der Waals surface area contributed by atoms with E-state index >= 15 is 0 Å². The van der Waals surface area contributed by atoms with Crippen molar-refractivity contribution >= 4 is 17.2 Å². The third-order valence-corrected chi connectivity index (χ3v) is 3.53. The second-order valence-electron chi connectivity index (χ2n) is 4.62. The zero-order valence-corrected chi connectivity index (χ0v) is 11.8. The maximum absolute atomic E-state index is 11.9. The van der Waals surface area contributed by atoms with Crippen LogP contribution in [-0.4, -0.2) is 72.9 Å². The van der Waals surface area contributed by atoms with Crippen LogP contribution < -0.4 is 5.73 Å². The first-order valence-electron chi connectivity index (χ1n) is 6.20. The number of nitrogens with zero attached hydrogens (tertiary/aromatic N) is 2. The smallest absolute Gasteiger partial charge is 0.392 e. The number of ether oxygens (including phenoxy) is 1. The number of rotatable bonds is 6. The molecule has 1 aliphatic rings. The molecular formula is C11H20F3N3OS. The minimum Gasteiger partial charge on any atom is -0.392 e. The molecule has 1 fully saturated rings. The van der Waals surface area contributed by atoms with Gasteiger partial charge in [0, 0.05) is 32.7 Å². The van der Waals surface area contributed by atoms with Crippen LogP contribution in [0.3, 0.4) is 0 Å². The molecule has 1 atom stereocenters. The van der Waals surface area contributed by atoms with E-state index in [0.29, 0.717) is 11.5 Å². The fourth-order valence-corrected chi connectivity index (χ4v) is 2.08. The molecule has 1 rings (SSSR count). The summed E-state index contributed by atoms with van der Waals surface area (Å²) in [5.41, 5.74) is 5.59. The topological polar surface area (TPSA) is 41.7 Å². The van der Waals surface area contributed by atoms with E-state index in [2.05, 4.69) is 14.5 Å². The molecule has 8 heteroatoms. The predicted molar refractivity (Wildman–Crippen MR) is 71.1 cm³/mol. The summed E-state index contributed by atoms with van der Waals surface area (Å²) in [4.78, 5) is 4.73. The van der Waals surface area contributed by atoms with E-state index in [1.54, 1.807) is 0 Å². The summed E-state index contributed by atoms with van der Waals surface area (Å²) in [7, 11) is 0. The lowest BCUT2D eigenvalue weighted by Gasteiger charge is -2.37. The monoisotopic (exact) mass is 299 g/mol. The van der Waals surface area contributed by atoms with Crippen molar-refractivity contribution in [3.63, 3.8) is 0 Å². The van der Waals surface area contributed by atoms with Crippen molar-refractivity contribution in [2.24, 2.45) is 5.73 Å². The van der Waals surface area contributed by atoms with Crippen LogP contribution in [-0.2, 0) is 4.74 Å². The molecule has 19 heavy (non-hydrogen) atoms. The molecule has 0 bridgehead atoms. The summed E-state index contributed by atoms with van der Waals surface area (Å²) in [5.74, 6) is 0. The van der Waals surface area contributed by atoms with Crippen LogP contribution in [0, 0.1) is 0 Å². The van der Waals surface area contributed by atoms with Gasteiger partial charge in [0.25, 0.3) is 0 Å². The van der Waals surface area contributed by atoms with Gasteiger partial charge in [0.1, 0.15) is 6.61 Å². The number of piperazine rings is 1. The van der Waals surface area contributed by atoms with Crippen LogP contribution in [0.25, 0.3) is 0 Å². The molecule has 112 valence electrons. The van der Waals surface area contributed by atoms with Crippen LogP contribution in [0.15, 0.2) is 0 Å². The molecule has 1 saturated heterocycles. The molecule has 0 radical (unpaired) electrons. The Hall–Kier alpha value is -0.440. The Morgan fingerprint density at radius 2 is 1.89 bits per heavy atom. The van der Waals surface area contributed by atoms with Crippen molar-refractivity contribution in [2.45, 2.75) is 19.1 Å². The van der Waals surface area contributed by atoms with Gasteiger partial charge in [-0.3, -0.25) is 9.80 Å². The van der Waals surface area contributed by atoms with Crippen molar-refractivity contribution in [2.75, 3.05) is 45.9 Å². The summed E-state index contributed by atoms with van der Waals surface area (Å²) >= 11 is 4.94. The van der Waals surface area contributed by atoms with E-state index in [-0.39, 0.29) is 12.6 Å². The minimum atomic E-state index is -4.25. The Labute approximate surface area is 116 Å². The largest absolute Gasteiger partial charge is 0.411 e. The highest BCUT2D eigenvalue weighted by Crippen LogP contribution is 2.14. The van der Waals surface area contributed by atoms with Crippen molar-refractivity contribution in [1.82, 2.24) is 9.80 Å². The highest BCUT2D eigenvalue weighted by molar-refractivity contribution is 7.80. The summed E-state index contributed by atoms with van der Waals surface area (Å²) in [6.07, 6.45) is -4.25. The fourth-order valence-electron chi connectivity index (χ4n) is 1.94. The van der Waals surface area contributed by atoms with Gasteiger partial charge in [0.2, 0.25) is 0 Å². The molecule has 1 unspecified atom stereocenters. The standard InChI is InChI=1S/C11H20F3N3OS/c1-9(10(15)19)17-4-2-16(3-5-17)6-7-18-8-11(12,13)14/h9H,2-8H2,1H3,(H2,15,19). The van der Waals surface area contributed by atoms with Crippen LogP contribution in [0.1, 0.15) is 6.92 Å². The lowest BCUT2D eigenvalue weighted by Crippen LogP contribution is -2.53. The molecule has 2 N–H and O–H groups in total. The van der Waals surface area contributed by atoms with E-state index in [4.69, 9.17) is 18.0 Å². The van der Waals surface area contributed by atoms with E-state index in [1.165, 1.54) is 0 Å². The van der Waals surface area contributed by atoms with Gasteiger partial charge in [-0.25, -0.2) is 0 Å². The number of halogens is 3. The van der Waals surface area contributed by atoms with Gasteiger partial charge in [-0.1, -0.05) is 12.2 Å². The molecule has 0 aliphatic carbocycles. The van der Waals surface area contributed by atoms with Crippen molar-refractivity contribution < 1.29 is 17.9 Å². The Balaban J connectivity index is 2.15. The second kappa shape index (κ2) is 7.37. The second-order valence-corrected chi connectivity index (χ2v) is 5.10. The summed E-state index contributed by atoms with van der Waals surface area (Å²) in [6.45, 7) is 4.63. The third-order valence-electron chi connectivity index (χ3n) is 3.18. The zero-order chi connectivity index (χ0) is 14.5. The lowest BCUT2D eigenvalue weighted by molar-refractivity contribution is -0.174. The van der Waals surface area contributed by atoms with Crippen molar-refractivity contribution in [1.29, 1.82) is 0 Å². The van der Waals surface area contributed by atoms with Gasteiger partial charge in [0.15, 0.2) is 0 Å². The minimum absolute atomic E-state index is 0.0682. The Kier molecular flexibility index (Phi) is 6.45. The zero-order valence-electron chi connectivity index (χ0n) is 10.9. The Morgan fingerprint density at radius 1 is 1.32 bits per heavy atom. The maximum atomic E-state index is 11.9. The van der Waals surface area contributed by atoms with Crippen LogP contribution >= 0.6 is 12.2 Å². The first kappa shape index (κ1) is 16.6. The molecule has 4 nitrogen and oxygen atoms in total. The van der Waals surface area contributed by atoms with Gasteiger partial charge in [-0.2, -0.15) is 13.2 Å². The van der Waals surface area contributed by atoms with Crippen LogP contribution in [0.2, 0.25) is 0 Å². The summed E-state index contributed by atoms with van der Waals surface area (Å²) in [5, 5.41) is 0. The van der Waals surface area contributed by atoms with Gasteiger partial charge >= 0.3 is 6.18 Å². The highest BCUT2D eigenvalue weighted by Gasteiger charge is 2.27. The van der Waals surface area contributed by atoms with Gasteiger partial charge in [-0.15, -0.1) is 0 Å². The van der Waals surface area contributed by atoms with Crippen LogP contribution in [0.5, 0.6) is 0 Å². The van der Waals surface area contributed by atoms with Crippen LogP contribution in [0.4, 0.5) is 13.2 Å². The quantitative estimate of drug-likeness (QED) is 0.582. The number of nitrogens with two attached hydrogens (primary N) is 1. The molecule has 0 aromatic rings. The summed E-state index contributed by atoms with van der Waals surface area (Å²) < 4.78 is 40.2. The molecule has 1 heterocycles. The van der Waals surface area contributed by atoms with Gasteiger partial charge in [-0.05, 0) is 6.92 Å². The van der Waals surface area contributed by atoms with Crippen molar-refractivity contribution in [3.05, 3.63) is 0 Å². The third kappa shape index (κ3) is 6.51. The molecule has 0 saturated carbocycles. The normalized spacial score (nSPS) is 20.4. The molecule has 0 amide bonds. The van der Waals surface area contributed by atoms with Gasteiger partial charge < -0.3 is 10.5 Å². The average Bonchev–Trinajstić information content (AvgIpc) is 2.33. The Bertz CT molecular complexity index is 293. The van der Waals surface area contributed by atoms with Crippen molar-refractivity contribution in [3.8, 4) is 0 Å². The van der Waals surface area contributed by atoms with E-state index in [9.17, 15) is 13.2 Å². The molecular weight excluding hydrogens is 279 g/mol. The molecule has 0 spiro atoms. The van der Waals surface area contributed by atoms with E-state index < -0.39 is 12.8 Å².